The smallest absolute Gasteiger partial charge is 0.0621 e. The second kappa shape index (κ2) is 3.57. The number of fused-ring (bicyclic) bond motifs is 2. The van der Waals surface area contributed by atoms with Crippen molar-refractivity contribution in [3.63, 3.8) is 0 Å². The third kappa shape index (κ3) is 1.45. The fraction of sp³-hybridized carbons (Fsp3) is 0.923. The van der Waals surface area contributed by atoms with Crippen molar-refractivity contribution in [2.75, 3.05) is 0 Å². The zero-order valence-corrected chi connectivity index (χ0v) is 9.42. The van der Waals surface area contributed by atoms with Crippen molar-refractivity contribution in [3.8, 4) is 6.07 Å². The molecule has 2 aliphatic carbocycles. The lowest BCUT2D eigenvalue weighted by atomic mass is 9.67. The van der Waals surface area contributed by atoms with Crippen molar-refractivity contribution in [2.45, 2.75) is 52.4 Å². The third-order valence-electron chi connectivity index (χ3n) is 4.85. The van der Waals surface area contributed by atoms with Crippen molar-refractivity contribution in [3.05, 3.63) is 0 Å². The van der Waals surface area contributed by atoms with E-state index < -0.39 is 0 Å². The Morgan fingerprint density at radius 2 is 2.14 bits per heavy atom. The molecule has 0 unspecified atom stereocenters. The Balaban J connectivity index is 1.95. The summed E-state index contributed by atoms with van der Waals surface area (Å²) in [7, 11) is 0. The highest BCUT2D eigenvalue weighted by Crippen LogP contribution is 2.60. The maximum Gasteiger partial charge on any atom is 0.0621 e. The first kappa shape index (κ1) is 10.0. The van der Waals surface area contributed by atoms with Gasteiger partial charge < -0.3 is 0 Å². The zero-order valence-electron chi connectivity index (χ0n) is 9.42. The van der Waals surface area contributed by atoms with Crippen molar-refractivity contribution in [1.29, 1.82) is 5.26 Å². The summed E-state index contributed by atoms with van der Waals surface area (Å²) in [5.74, 6) is 2.89. The van der Waals surface area contributed by atoms with Crippen LogP contribution in [-0.2, 0) is 0 Å². The summed E-state index contributed by atoms with van der Waals surface area (Å²) in [4.78, 5) is 0. The minimum atomic E-state index is 0.568. The maximum atomic E-state index is 8.55. The van der Waals surface area contributed by atoms with E-state index in [-0.39, 0.29) is 0 Å². The molecule has 2 rings (SSSR count). The average molecular weight is 191 g/mol. The van der Waals surface area contributed by atoms with E-state index in [4.69, 9.17) is 5.26 Å². The lowest BCUT2D eigenvalue weighted by Gasteiger charge is -2.38. The van der Waals surface area contributed by atoms with E-state index >= 15 is 0 Å². The predicted octanol–water partition coefficient (Wildman–Crippen LogP) is 3.75. The molecule has 1 nitrogen and oxygen atoms in total. The number of hydrogen-bond acceptors (Lipinski definition) is 1. The summed E-state index contributed by atoms with van der Waals surface area (Å²) in [6.45, 7) is 4.90. The van der Waals surface area contributed by atoms with Crippen LogP contribution in [0.3, 0.4) is 0 Å². The molecule has 0 aromatic rings. The van der Waals surface area contributed by atoms with E-state index in [9.17, 15) is 0 Å². The molecule has 0 spiro atoms. The van der Waals surface area contributed by atoms with E-state index in [0.29, 0.717) is 5.41 Å². The summed E-state index contributed by atoms with van der Waals surface area (Å²) in [5.41, 5.74) is 0.568. The second-order valence-electron chi connectivity index (χ2n) is 5.75. The van der Waals surface area contributed by atoms with E-state index in [0.717, 1.165) is 30.6 Å². The van der Waals surface area contributed by atoms with E-state index in [2.05, 4.69) is 19.9 Å². The fourth-order valence-electron chi connectivity index (χ4n) is 3.98. The van der Waals surface area contributed by atoms with Gasteiger partial charge in [0.05, 0.1) is 6.07 Å². The van der Waals surface area contributed by atoms with Crippen LogP contribution in [0.5, 0.6) is 0 Å². The van der Waals surface area contributed by atoms with Crippen LogP contribution in [0.1, 0.15) is 52.4 Å². The van der Waals surface area contributed by atoms with Gasteiger partial charge in [-0.05, 0) is 55.3 Å². The van der Waals surface area contributed by atoms with Gasteiger partial charge in [0, 0.05) is 6.42 Å². The minimum absolute atomic E-state index is 0.568. The maximum absolute atomic E-state index is 8.55. The largest absolute Gasteiger partial charge is 0.198 e. The average Bonchev–Trinajstić information content (AvgIpc) is 2.67. The fourth-order valence-corrected chi connectivity index (χ4v) is 3.98. The monoisotopic (exact) mass is 191 g/mol. The number of rotatable bonds is 3. The number of nitriles is 1. The summed E-state index contributed by atoms with van der Waals surface area (Å²) in [5, 5.41) is 8.55. The Labute approximate surface area is 87.5 Å². The van der Waals surface area contributed by atoms with Gasteiger partial charge in [-0.3, -0.25) is 0 Å². The lowest BCUT2D eigenvalue weighted by Crippen LogP contribution is -2.30. The Kier molecular flexibility index (Phi) is 2.56. The molecule has 2 bridgehead atoms. The van der Waals surface area contributed by atoms with Crippen LogP contribution >= 0.6 is 0 Å². The van der Waals surface area contributed by atoms with Crippen LogP contribution in [0.4, 0.5) is 0 Å². The molecule has 3 atom stereocenters. The standard InChI is InChI=1S/C13H21N/c1-13(2)11-7-6-10(9-11)12(13)5-3-4-8-14/h10-12H,3-7,9H2,1-2H3/t10-,11-,12+/m0/s1. The van der Waals surface area contributed by atoms with E-state index in [1.807, 2.05) is 0 Å². The summed E-state index contributed by atoms with van der Waals surface area (Å²) >= 11 is 0. The van der Waals surface area contributed by atoms with Crippen LogP contribution in [0.15, 0.2) is 0 Å². The molecule has 0 aliphatic heterocycles. The molecule has 2 fully saturated rings. The molecule has 0 heterocycles. The molecule has 1 heteroatoms. The summed E-state index contributed by atoms with van der Waals surface area (Å²) in [6, 6.07) is 2.26. The van der Waals surface area contributed by atoms with Crippen LogP contribution in [-0.4, -0.2) is 0 Å². The van der Waals surface area contributed by atoms with Crippen LogP contribution in [0, 0.1) is 34.5 Å². The van der Waals surface area contributed by atoms with Crippen molar-refractivity contribution < 1.29 is 0 Å². The van der Waals surface area contributed by atoms with Gasteiger partial charge in [-0.1, -0.05) is 13.8 Å². The summed E-state index contributed by atoms with van der Waals surface area (Å²) < 4.78 is 0. The Morgan fingerprint density at radius 1 is 1.36 bits per heavy atom. The highest BCUT2D eigenvalue weighted by atomic mass is 14.6. The van der Waals surface area contributed by atoms with Gasteiger partial charge in [-0.15, -0.1) is 0 Å². The summed E-state index contributed by atoms with van der Waals surface area (Å²) in [6.07, 6.45) is 7.57. The van der Waals surface area contributed by atoms with Gasteiger partial charge in [-0.2, -0.15) is 5.26 Å². The predicted molar refractivity (Wildman–Crippen MR) is 57.6 cm³/mol. The first-order valence-corrected chi connectivity index (χ1v) is 6.03. The van der Waals surface area contributed by atoms with Crippen LogP contribution in [0.25, 0.3) is 0 Å². The van der Waals surface area contributed by atoms with Gasteiger partial charge in [0.15, 0.2) is 0 Å². The molecule has 78 valence electrons. The molecule has 0 N–H and O–H groups in total. The lowest BCUT2D eigenvalue weighted by molar-refractivity contribution is 0.113. The van der Waals surface area contributed by atoms with Crippen molar-refractivity contribution >= 4 is 0 Å². The topological polar surface area (TPSA) is 23.8 Å². The highest BCUT2D eigenvalue weighted by molar-refractivity contribution is 5.01. The second-order valence-corrected chi connectivity index (χ2v) is 5.75. The Bertz CT molecular complexity index is 248. The molecule has 2 aliphatic rings. The van der Waals surface area contributed by atoms with Gasteiger partial charge >= 0.3 is 0 Å². The Hall–Kier alpha value is -0.510. The molecule has 0 saturated heterocycles. The van der Waals surface area contributed by atoms with Gasteiger partial charge in [0.1, 0.15) is 0 Å². The first-order chi connectivity index (χ1) is 6.66. The number of hydrogen-bond donors (Lipinski definition) is 0. The number of unbranched alkanes of at least 4 members (excludes halogenated alkanes) is 1. The SMILES string of the molecule is CC1(C)[C@H]2CC[C@@H](C2)[C@H]1CCCC#N. The van der Waals surface area contributed by atoms with E-state index in [1.54, 1.807) is 0 Å². The molecular formula is C13H21N. The normalized spacial score (nSPS) is 38.5. The third-order valence-corrected chi connectivity index (χ3v) is 4.85. The van der Waals surface area contributed by atoms with Crippen LogP contribution in [0.2, 0.25) is 0 Å². The molecule has 14 heavy (non-hydrogen) atoms. The quantitative estimate of drug-likeness (QED) is 0.623. The molecular weight excluding hydrogens is 170 g/mol. The zero-order chi connectivity index (χ0) is 10.2. The van der Waals surface area contributed by atoms with Gasteiger partial charge in [-0.25, -0.2) is 0 Å². The van der Waals surface area contributed by atoms with Gasteiger partial charge in [0.2, 0.25) is 0 Å². The van der Waals surface area contributed by atoms with Crippen molar-refractivity contribution in [1.82, 2.24) is 0 Å². The van der Waals surface area contributed by atoms with E-state index in [1.165, 1.54) is 25.7 Å². The minimum Gasteiger partial charge on any atom is -0.198 e. The number of nitrogens with zero attached hydrogens (tertiary/aromatic N) is 1. The first-order valence-electron chi connectivity index (χ1n) is 6.03. The van der Waals surface area contributed by atoms with Crippen molar-refractivity contribution in [2.24, 2.45) is 23.2 Å². The molecule has 0 aromatic heterocycles. The molecule has 0 amide bonds. The highest BCUT2D eigenvalue weighted by Gasteiger charge is 2.51. The van der Waals surface area contributed by atoms with Gasteiger partial charge in [0.25, 0.3) is 0 Å². The molecule has 0 aromatic carbocycles. The Morgan fingerprint density at radius 3 is 2.71 bits per heavy atom. The van der Waals surface area contributed by atoms with Crippen LogP contribution < -0.4 is 0 Å². The molecule has 0 radical (unpaired) electrons. The molecule has 2 saturated carbocycles.